The van der Waals surface area contributed by atoms with Gasteiger partial charge in [-0.05, 0) is 29.8 Å². The summed E-state index contributed by atoms with van der Waals surface area (Å²) < 4.78 is 10.7. The largest absolute Gasteiger partial charge is 0.454 e. The highest BCUT2D eigenvalue weighted by Crippen LogP contribution is 2.32. The van der Waals surface area contributed by atoms with E-state index in [0.717, 1.165) is 28.3 Å². The Hall–Kier alpha value is -2.27. The third kappa shape index (κ3) is 2.53. The molecule has 2 aromatic rings. The highest BCUT2D eigenvalue weighted by molar-refractivity contribution is 7.80. The lowest BCUT2D eigenvalue weighted by Gasteiger charge is -2.11. The lowest BCUT2D eigenvalue weighted by atomic mass is 10.1. The molecule has 0 aromatic heterocycles. The Labute approximate surface area is 122 Å². The molecule has 2 aromatic carbocycles. The zero-order chi connectivity index (χ0) is 13.9. The Morgan fingerprint density at radius 3 is 2.80 bits per heavy atom. The molecule has 1 heterocycles. The fraction of sp³-hybridized carbons (Fsp3) is 0.133. The van der Waals surface area contributed by atoms with Crippen LogP contribution in [-0.2, 0) is 6.54 Å². The monoisotopic (exact) mass is 286 g/mol. The Bertz CT molecular complexity index is 658. The average molecular weight is 286 g/mol. The van der Waals surface area contributed by atoms with E-state index >= 15 is 0 Å². The van der Waals surface area contributed by atoms with E-state index in [2.05, 4.69) is 5.32 Å². The summed E-state index contributed by atoms with van der Waals surface area (Å²) >= 11 is 5.05. The van der Waals surface area contributed by atoms with E-state index in [1.807, 2.05) is 42.5 Å². The molecule has 20 heavy (non-hydrogen) atoms. The smallest absolute Gasteiger partial charge is 0.231 e. The van der Waals surface area contributed by atoms with Gasteiger partial charge in [-0.3, -0.25) is 0 Å². The van der Waals surface area contributed by atoms with Crippen molar-refractivity contribution < 1.29 is 9.47 Å². The van der Waals surface area contributed by atoms with Crippen LogP contribution in [-0.4, -0.2) is 11.8 Å². The van der Waals surface area contributed by atoms with Crippen LogP contribution in [0.15, 0.2) is 42.5 Å². The molecule has 0 spiro atoms. The van der Waals surface area contributed by atoms with Crippen molar-refractivity contribution in [3.8, 4) is 11.5 Å². The van der Waals surface area contributed by atoms with Crippen molar-refractivity contribution in [3.63, 3.8) is 0 Å². The lowest BCUT2D eigenvalue weighted by Crippen LogP contribution is -2.13. The molecule has 1 aliphatic rings. The number of hydrogen-bond donors (Lipinski definition) is 2. The molecule has 4 nitrogen and oxygen atoms in total. The van der Waals surface area contributed by atoms with E-state index in [1.165, 1.54) is 0 Å². The fourth-order valence-corrected chi connectivity index (χ4v) is 2.28. The topological polar surface area (TPSA) is 56.5 Å². The molecule has 0 atom stereocenters. The maximum absolute atomic E-state index is 5.71. The predicted molar refractivity (Wildman–Crippen MR) is 82.2 cm³/mol. The minimum Gasteiger partial charge on any atom is -0.454 e. The minimum absolute atomic E-state index is 0.288. The van der Waals surface area contributed by atoms with Crippen molar-refractivity contribution in [1.29, 1.82) is 0 Å². The van der Waals surface area contributed by atoms with Crippen LogP contribution in [0.25, 0.3) is 0 Å². The number of nitrogens with one attached hydrogen (secondary N) is 1. The van der Waals surface area contributed by atoms with Crippen LogP contribution in [0.2, 0.25) is 0 Å². The molecule has 3 N–H and O–H groups in total. The van der Waals surface area contributed by atoms with Gasteiger partial charge >= 0.3 is 0 Å². The molecule has 5 heteroatoms. The summed E-state index contributed by atoms with van der Waals surface area (Å²) in [6, 6.07) is 13.6. The van der Waals surface area contributed by atoms with Gasteiger partial charge in [0.15, 0.2) is 11.5 Å². The van der Waals surface area contributed by atoms with Crippen LogP contribution in [0.3, 0.4) is 0 Å². The molecule has 1 aliphatic heterocycles. The van der Waals surface area contributed by atoms with Gasteiger partial charge in [0.1, 0.15) is 4.99 Å². The summed E-state index contributed by atoms with van der Waals surface area (Å²) in [4.78, 5) is 0.388. The third-order valence-electron chi connectivity index (χ3n) is 3.11. The molecule has 0 saturated heterocycles. The van der Waals surface area contributed by atoms with Crippen LogP contribution in [0.4, 0.5) is 5.69 Å². The van der Waals surface area contributed by atoms with Crippen molar-refractivity contribution in [2.24, 2.45) is 5.73 Å². The van der Waals surface area contributed by atoms with Gasteiger partial charge in [-0.2, -0.15) is 0 Å². The normalized spacial score (nSPS) is 12.2. The standard InChI is InChI=1S/C15H14N2O2S/c16-15(20)11-3-1-2-4-12(11)17-8-10-5-6-13-14(7-10)19-9-18-13/h1-7,17H,8-9H2,(H2,16,20). The molecular formula is C15H14N2O2S. The second-order valence-corrected chi connectivity index (χ2v) is 4.89. The second-order valence-electron chi connectivity index (χ2n) is 4.45. The van der Waals surface area contributed by atoms with Crippen molar-refractivity contribution in [2.75, 3.05) is 12.1 Å². The maximum atomic E-state index is 5.71. The zero-order valence-electron chi connectivity index (χ0n) is 10.8. The van der Waals surface area contributed by atoms with Crippen molar-refractivity contribution in [2.45, 2.75) is 6.54 Å². The molecule has 102 valence electrons. The number of rotatable bonds is 4. The first kappa shape index (κ1) is 12.7. The predicted octanol–water partition coefficient (Wildman–Crippen LogP) is 2.66. The van der Waals surface area contributed by atoms with E-state index in [1.54, 1.807) is 0 Å². The number of para-hydroxylation sites is 1. The molecule has 0 aliphatic carbocycles. The van der Waals surface area contributed by atoms with Crippen molar-refractivity contribution in [3.05, 3.63) is 53.6 Å². The zero-order valence-corrected chi connectivity index (χ0v) is 11.6. The van der Waals surface area contributed by atoms with Crippen LogP contribution in [0.5, 0.6) is 11.5 Å². The number of hydrogen-bond acceptors (Lipinski definition) is 4. The minimum atomic E-state index is 0.288. The van der Waals surface area contributed by atoms with Gasteiger partial charge in [-0.15, -0.1) is 0 Å². The molecule has 0 unspecified atom stereocenters. The first-order valence-electron chi connectivity index (χ1n) is 6.25. The Morgan fingerprint density at radius 1 is 1.15 bits per heavy atom. The Kier molecular flexibility index (Phi) is 3.43. The second kappa shape index (κ2) is 5.38. The van der Waals surface area contributed by atoms with E-state index in [4.69, 9.17) is 27.4 Å². The molecule has 0 fully saturated rings. The number of fused-ring (bicyclic) bond motifs is 1. The van der Waals surface area contributed by atoms with Crippen LogP contribution >= 0.6 is 12.2 Å². The fourth-order valence-electron chi connectivity index (χ4n) is 2.10. The van der Waals surface area contributed by atoms with Gasteiger partial charge in [0.25, 0.3) is 0 Å². The third-order valence-corrected chi connectivity index (χ3v) is 3.33. The molecular weight excluding hydrogens is 272 g/mol. The van der Waals surface area contributed by atoms with Crippen LogP contribution < -0.4 is 20.5 Å². The SMILES string of the molecule is NC(=S)c1ccccc1NCc1ccc2c(c1)OCO2. The number of nitrogens with two attached hydrogens (primary N) is 1. The van der Waals surface area contributed by atoms with Gasteiger partial charge in [-0.25, -0.2) is 0 Å². The lowest BCUT2D eigenvalue weighted by molar-refractivity contribution is 0.174. The summed E-state index contributed by atoms with van der Waals surface area (Å²) in [5.41, 5.74) is 8.59. The van der Waals surface area contributed by atoms with Gasteiger partial charge in [-0.1, -0.05) is 30.4 Å². The number of anilines is 1. The highest BCUT2D eigenvalue weighted by Gasteiger charge is 2.13. The Morgan fingerprint density at radius 2 is 1.95 bits per heavy atom. The summed E-state index contributed by atoms with van der Waals surface area (Å²) in [6.07, 6.45) is 0. The number of benzene rings is 2. The van der Waals surface area contributed by atoms with E-state index in [9.17, 15) is 0 Å². The summed E-state index contributed by atoms with van der Waals surface area (Å²) in [5, 5.41) is 3.34. The van der Waals surface area contributed by atoms with Gasteiger partial charge < -0.3 is 20.5 Å². The van der Waals surface area contributed by atoms with E-state index < -0.39 is 0 Å². The first-order chi connectivity index (χ1) is 9.74. The summed E-state index contributed by atoms with van der Waals surface area (Å²) in [6.45, 7) is 0.951. The quantitative estimate of drug-likeness (QED) is 0.846. The van der Waals surface area contributed by atoms with Crippen LogP contribution in [0, 0.1) is 0 Å². The summed E-state index contributed by atoms with van der Waals surface area (Å²) in [7, 11) is 0. The van der Waals surface area contributed by atoms with E-state index in [0.29, 0.717) is 11.5 Å². The molecule has 0 saturated carbocycles. The van der Waals surface area contributed by atoms with Gasteiger partial charge in [0.05, 0.1) is 0 Å². The highest BCUT2D eigenvalue weighted by atomic mass is 32.1. The Balaban J connectivity index is 1.75. The van der Waals surface area contributed by atoms with E-state index in [-0.39, 0.29) is 6.79 Å². The molecule has 0 radical (unpaired) electrons. The first-order valence-corrected chi connectivity index (χ1v) is 6.66. The van der Waals surface area contributed by atoms with Crippen molar-refractivity contribution in [1.82, 2.24) is 0 Å². The maximum Gasteiger partial charge on any atom is 0.231 e. The molecule has 3 rings (SSSR count). The van der Waals surface area contributed by atoms with Crippen molar-refractivity contribution >= 4 is 22.9 Å². The van der Waals surface area contributed by atoms with Gasteiger partial charge in [0.2, 0.25) is 6.79 Å². The molecule has 0 amide bonds. The number of ether oxygens (including phenoxy) is 2. The number of thiocarbonyl (C=S) groups is 1. The van der Waals surface area contributed by atoms with Crippen LogP contribution in [0.1, 0.15) is 11.1 Å². The molecule has 0 bridgehead atoms. The average Bonchev–Trinajstić information content (AvgIpc) is 2.92. The van der Waals surface area contributed by atoms with Gasteiger partial charge in [0, 0.05) is 17.8 Å². The summed E-state index contributed by atoms with van der Waals surface area (Å²) in [5.74, 6) is 1.57.